The van der Waals surface area contributed by atoms with Crippen LogP contribution in [0.2, 0.25) is 0 Å². The Kier molecular flexibility index (Phi) is 23.2. The number of methoxy groups -OCH3 is 2. The van der Waals surface area contributed by atoms with Crippen LogP contribution in [-0.2, 0) is 39.5 Å². The Hall–Kier alpha value is -6.66. The molecule has 1 aliphatic heterocycles. The number of likely N-dealkylation sites (tertiary alicyclic amines) is 1. The van der Waals surface area contributed by atoms with E-state index in [1.807, 2.05) is 127 Å². The predicted molar refractivity (Wildman–Crippen MR) is 293 cm³/mol. The summed E-state index contributed by atoms with van der Waals surface area (Å²) in [7, 11) is 3.38. The van der Waals surface area contributed by atoms with Crippen LogP contribution >= 0.6 is 0 Å². The zero-order chi connectivity index (χ0) is 54.3. The van der Waals surface area contributed by atoms with Crippen molar-refractivity contribution in [1.82, 2.24) is 14.5 Å². The molecule has 16 nitrogen and oxygen atoms in total. The minimum absolute atomic E-state index is 0.0172. The van der Waals surface area contributed by atoms with E-state index in [2.05, 4.69) is 40.6 Å². The maximum Gasteiger partial charge on any atom is 0.306 e. The van der Waals surface area contributed by atoms with Crippen molar-refractivity contribution in [2.24, 2.45) is 15.6 Å². The molecule has 2 N–H and O–H groups in total. The predicted octanol–water partition coefficient (Wildman–Crippen LogP) is 10.4. The van der Waals surface area contributed by atoms with E-state index in [4.69, 9.17) is 18.9 Å². The molecule has 1 amide bonds. The van der Waals surface area contributed by atoms with Gasteiger partial charge in [-0.25, -0.2) is 13.1 Å². The molecule has 0 aliphatic carbocycles. The molecule has 1 saturated heterocycles. The summed E-state index contributed by atoms with van der Waals surface area (Å²) in [6.07, 6.45) is 2.35. The molecule has 75 heavy (non-hydrogen) atoms. The fourth-order valence-electron chi connectivity index (χ4n) is 8.73. The molecular weight excluding hydrogens is 973 g/mol. The number of carboxylic acid groups (broad SMARTS) is 1. The quantitative estimate of drug-likeness (QED) is 0.0219. The molecule has 1 aliphatic rings. The molecule has 6 rings (SSSR count). The highest BCUT2D eigenvalue weighted by Crippen LogP contribution is 2.44. The molecule has 0 bridgehead atoms. The van der Waals surface area contributed by atoms with E-state index < -0.39 is 33.0 Å². The third-order valence-electron chi connectivity index (χ3n) is 13.5. The lowest BCUT2D eigenvalue weighted by Crippen LogP contribution is -2.49. The zero-order valence-electron chi connectivity index (χ0n) is 44.7. The summed E-state index contributed by atoms with van der Waals surface area (Å²) in [6.45, 7) is 11.2. The molecule has 1 fully saturated rings. The highest BCUT2D eigenvalue weighted by Gasteiger charge is 2.44. The van der Waals surface area contributed by atoms with E-state index in [1.165, 1.54) is 31.8 Å². The van der Waals surface area contributed by atoms with Gasteiger partial charge in [-0.15, -0.1) is 0 Å². The van der Waals surface area contributed by atoms with Crippen LogP contribution in [0.1, 0.15) is 88.8 Å². The molecule has 5 aromatic rings. The van der Waals surface area contributed by atoms with Gasteiger partial charge in [0.25, 0.3) is 0 Å². The van der Waals surface area contributed by atoms with Crippen molar-refractivity contribution >= 4 is 44.9 Å². The monoisotopic (exact) mass is 1050 g/mol. The Bertz CT molecular complexity index is 2600. The number of ether oxygens (including phenoxy) is 4. The summed E-state index contributed by atoms with van der Waals surface area (Å²) in [4.78, 5) is 44.0. The number of amides is 1. The van der Waals surface area contributed by atoms with Crippen molar-refractivity contribution in [3.05, 3.63) is 144 Å². The third-order valence-corrected chi connectivity index (χ3v) is 15.0. The van der Waals surface area contributed by atoms with Gasteiger partial charge in [-0.1, -0.05) is 81.8 Å². The van der Waals surface area contributed by atoms with Gasteiger partial charge in [0, 0.05) is 51.3 Å². The van der Waals surface area contributed by atoms with Crippen molar-refractivity contribution in [3.63, 3.8) is 0 Å². The van der Waals surface area contributed by atoms with Crippen molar-refractivity contribution < 1.29 is 46.9 Å². The normalized spacial score (nSPS) is 13.5. The second-order valence-electron chi connectivity index (χ2n) is 18.7. The van der Waals surface area contributed by atoms with Crippen LogP contribution in [0.15, 0.2) is 143 Å². The number of azo groups is 1. The Labute approximate surface area is 444 Å². The first-order valence-electron chi connectivity index (χ1n) is 25.8. The Morgan fingerprint density at radius 1 is 0.667 bits per heavy atom. The van der Waals surface area contributed by atoms with Crippen molar-refractivity contribution in [2.75, 3.05) is 85.7 Å². The first kappa shape index (κ1) is 59.2. The van der Waals surface area contributed by atoms with Gasteiger partial charge in [0.05, 0.1) is 56.5 Å². The van der Waals surface area contributed by atoms with E-state index in [0.717, 1.165) is 22.4 Å². The van der Waals surface area contributed by atoms with Crippen LogP contribution in [0.25, 0.3) is 0 Å². The molecule has 0 radical (unpaired) electrons. The van der Waals surface area contributed by atoms with Crippen LogP contribution in [-0.4, -0.2) is 122 Å². The average molecular weight is 1050 g/mol. The largest absolute Gasteiger partial charge is 0.497 e. The van der Waals surface area contributed by atoms with Gasteiger partial charge in [-0.3, -0.25) is 14.4 Å². The number of carbonyl (C=O) groups is 3. The summed E-state index contributed by atoms with van der Waals surface area (Å²) >= 11 is 0. The zero-order valence-corrected chi connectivity index (χ0v) is 45.5. The van der Waals surface area contributed by atoms with Crippen LogP contribution in [0.5, 0.6) is 11.5 Å². The highest BCUT2D eigenvalue weighted by molar-refractivity contribution is 7.89. The molecule has 5 aromatic carbocycles. The van der Waals surface area contributed by atoms with Crippen LogP contribution in [0, 0.1) is 5.41 Å². The number of piperidine rings is 1. The summed E-state index contributed by atoms with van der Waals surface area (Å²) in [6, 6.07) is 39.0. The second kappa shape index (κ2) is 29.4. The average Bonchev–Trinajstić information content (AvgIpc) is 3.44. The number of unbranched alkanes of at least 4 members (excludes halogenated alkanes) is 2. The number of sulfonamides is 1. The van der Waals surface area contributed by atoms with Crippen molar-refractivity contribution in [2.45, 2.75) is 82.6 Å². The second-order valence-corrected chi connectivity index (χ2v) is 20.4. The third kappa shape index (κ3) is 17.5. The number of carboxylic acids is 1. The number of nitrogens with one attached hydrogen (secondary N) is 1. The smallest absolute Gasteiger partial charge is 0.306 e. The lowest BCUT2D eigenvalue weighted by Gasteiger charge is -2.44. The van der Waals surface area contributed by atoms with Gasteiger partial charge in [-0.05, 0) is 135 Å². The Balaban J connectivity index is 0.00000138. The topological polar surface area (TPSA) is 189 Å². The fourth-order valence-corrected chi connectivity index (χ4v) is 9.81. The van der Waals surface area contributed by atoms with Gasteiger partial charge in [0.1, 0.15) is 17.1 Å². The van der Waals surface area contributed by atoms with E-state index in [0.29, 0.717) is 74.5 Å². The van der Waals surface area contributed by atoms with E-state index >= 15 is 0 Å². The van der Waals surface area contributed by atoms with E-state index in [9.17, 15) is 27.9 Å². The van der Waals surface area contributed by atoms with E-state index in [1.54, 1.807) is 26.4 Å². The fraction of sp³-hybridized carbons (Fsp3) is 0.431. The molecule has 0 aromatic heterocycles. The van der Waals surface area contributed by atoms with Crippen molar-refractivity contribution in [3.8, 4) is 11.5 Å². The Morgan fingerprint density at radius 2 is 1.19 bits per heavy atom. The number of hydrogen-bond acceptors (Lipinski definition) is 13. The van der Waals surface area contributed by atoms with Crippen molar-refractivity contribution in [1.29, 1.82) is 0 Å². The molecule has 0 spiro atoms. The van der Waals surface area contributed by atoms with Crippen LogP contribution < -0.4 is 19.1 Å². The van der Waals surface area contributed by atoms with Crippen LogP contribution in [0.3, 0.4) is 0 Å². The lowest BCUT2D eigenvalue weighted by atomic mass is 9.77. The first-order valence-corrected chi connectivity index (χ1v) is 27.2. The van der Waals surface area contributed by atoms with Gasteiger partial charge >= 0.3 is 11.9 Å². The molecule has 404 valence electrons. The SMILES string of the molecule is CCN(CC)CC.COc1ccc(C(OCC2(COC(=O)CCC(=O)O)CCN(C(=O)CCCCCNS(=O)(=O)c3ccc(/N=N/c4ccc(N(C)C)cc4)cc3)CC2)(c2ccccc2)c2ccc(OC)cc2)cc1. The molecule has 0 saturated carbocycles. The number of anilines is 1. The number of nitrogens with zero attached hydrogens (tertiary/aromatic N) is 5. The summed E-state index contributed by atoms with van der Waals surface area (Å²) in [5.74, 6) is -0.373. The minimum Gasteiger partial charge on any atom is -0.497 e. The standard InChI is InChI=1S/C52H61N5O10S.C6H15N/c1-56(2)44-22-18-42(19-23-44)54-55-43-20-28-47(29-21-43)68(62,63)53-34-10-6-9-13-48(58)57-35-32-51(33-36-57,37-66-50(61)31-30-49(59)60)38-67-52(39-11-7-5-8-12-39,40-14-24-45(64-3)25-15-40)41-16-26-46(65-4)27-17-41;1-4-7(5-2)6-3/h5,7-8,11-12,14-29,53H,6,9-10,13,30-38H2,1-4H3,(H,59,60);4-6H2,1-3H3/b55-54+;. The number of benzene rings is 5. The first-order chi connectivity index (χ1) is 36.1. The summed E-state index contributed by atoms with van der Waals surface area (Å²) in [5, 5.41) is 17.7. The number of esters is 1. The molecule has 0 atom stereocenters. The Morgan fingerprint density at radius 3 is 1.67 bits per heavy atom. The summed E-state index contributed by atoms with van der Waals surface area (Å²) < 4.78 is 52.8. The van der Waals surface area contributed by atoms with Gasteiger partial charge in [0.2, 0.25) is 15.9 Å². The molecule has 17 heteroatoms. The van der Waals surface area contributed by atoms with Gasteiger partial charge < -0.3 is 38.8 Å². The van der Waals surface area contributed by atoms with Gasteiger partial charge in [-0.2, -0.15) is 10.2 Å². The summed E-state index contributed by atoms with van der Waals surface area (Å²) in [5.41, 5.74) is 2.91. The maximum atomic E-state index is 13.6. The minimum atomic E-state index is -3.75. The number of carbonyl (C=O) groups excluding carboxylic acids is 2. The number of rotatable bonds is 27. The molecule has 0 unspecified atom stereocenters. The van der Waals surface area contributed by atoms with Crippen LogP contribution in [0.4, 0.5) is 17.1 Å². The molecule has 1 heterocycles. The number of aliphatic carboxylic acids is 1. The lowest BCUT2D eigenvalue weighted by molar-refractivity contribution is -0.157. The maximum absolute atomic E-state index is 13.6. The molecular formula is C58H76N6O10S. The number of hydrogen-bond donors (Lipinski definition) is 2. The van der Waals surface area contributed by atoms with Gasteiger partial charge in [0.15, 0.2) is 0 Å². The van der Waals surface area contributed by atoms with E-state index in [-0.39, 0.29) is 43.4 Å². The highest BCUT2D eigenvalue weighted by atomic mass is 32.2.